The number of halogens is 4. The van der Waals surface area contributed by atoms with E-state index in [9.17, 15) is 17.6 Å². The molecule has 0 bridgehead atoms. The Balaban J connectivity index is 2.76. The van der Waals surface area contributed by atoms with E-state index in [1.165, 1.54) is 6.20 Å². The van der Waals surface area contributed by atoms with Crippen LogP contribution >= 0.6 is 0 Å². The molecule has 0 atom stereocenters. The van der Waals surface area contributed by atoms with Crippen molar-refractivity contribution in [1.29, 1.82) is 0 Å². The highest BCUT2D eigenvalue weighted by Crippen LogP contribution is 2.29. The molecule has 1 aromatic carbocycles. The minimum absolute atomic E-state index is 0.241. The van der Waals surface area contributed by atoms with Crippen LogP contribution in [0.1, 0.15) is 5.56 Å². The zero-order valence-electron chi connectivity index (χ0n) is 9.24. The molecule has 0 saturated carbocycles. The Kier molecular flexibility index (Phi) is 2.82. The summed E-state index contributed by atoms with van der Waals surface area (Å²) in [5.41, 5.74) is 0.0264. The van der Waals surface area contributed by atoms with Gasteiger partial charge in [0.2, 0.25) is 0 Å². The van der Waals surface area contributed by atoms with E-state index in [2.05, 4.69) is 4.98 Å². The van der Waals surface area contributed by atoms with E-state index >= 15 is 0 Å². The summed E-state index contributed by atoms with van der Waals surface area (Å²) in [5, 5.41) is -0.241. The quantitative estimate of drug-likeness (QED) is 0.490. The summed E-state index contributed by atoms with van der Waals surface area (Å²) >= 11 is 0. The van der Waals surface area contributed by atoms with Gasteiger partial charge in [0.1, 0.15) is 0 Å². The average Bonchev–Trinajstić information content (AvgIpc) is 2.66. The van der Waals surface area contributed by atoms with Crippen LogP contribution in [-0.2, 0) is 6.54 Å². The van der Waals surface area contributed by atoms with E-state index in [1.807, 2.05) is 0 Å². The van der Waals surface area contributed by atoms with Crippen LogP contribution < -0.4 is 0 Å². The van der Waals surface area contributed by atoms with Gasteiger partial charge in [-0.2, -0.15) is 0 Å². The summed E-state index contributed by atoms with van der Waals surface area (Å²) in [7, 11) is 3.46. The van der Waals surface area contributed by atoms with Crippen LogP contribution in [-0.4, -0.2) is 24.0 Å². The summed E-state index contributed by atoms with van der Waals surface area (Å²) in [5.74, 6) is -6.34. The molecule has 1 N–H and O–H groups in total. The monoisotopic (exact) mass is 246 g/mol. The van der Waals surface area contributed by atoms with Gasteiger partial charge in [-0.15, -0.1) is 0 Å². The molecule has 17 heavy (non-hydrogen) atoms. The average molecular weight is 246 g/mol. The number of hydrogen-bond acceptors (Lipinski definition) is 1. The summed E-state index contributed by atoms with van der Waals surface area (Å²) in [6, 6.07) is 0. The van der Waals surface area contributed by atoms with Crippen molar-refractivity contribution >= 4 is 10.9 Å². The standard InChI is InChI=1S/C11H10F4N2/c1-17(2)4-5-3-16-11-6(5)7(12)8(13)9(14)10(11)15/h3,16H,4H2,1-2H3. The molecule has 0 radical (unpaired) electrons. The van der Waals surface area contributed by atoms with Gasteiger partial charge in [0.25, 0.3) is 0 Å². The molecule has 0 aliphatic rings. The van der Waals surface area contributed by atoms with Crippen LogP contribution in [0.3, 0.4) is 0 Å². The molecular weight excluding hydrogens is 236 g/mol. The predicted octanol–water partition coefficient (Wildman–Crippen LogP) is 2.79. The minimum Gasteiger partial charge on any atom is -0.358 e. The second-order valence-electron chi connectivity index (χ2n) is 4.06. The van der Waals surface area contributed by atoms with E-state index in [4.69, 9.17) is 0 Å². The van der Waals surface area contributed by atoms with Gasteiger partial charge in [-0.1, -0.05) is 0 Å². The van der Waals surface area contributed by atoms with Crippen molar-refractivity contribution in [3.05, 3.63) is 35.0 Å². The molecule has 92 valence electrons. The van der Waals surface area contributed by atoms with Gasteiger partial charge in [0.05, 0.1) is 5.52 Å². The third-order valence-corrected chi connectivity index (χ3v) is 2.47. The Labute approximate surface area is 94.8 Å². The number of H-pyrrole nitrogens is 1. The van der Waals surface area contributed by atoms with Gasteiger partial charge in [-0.25, -0.2) is 17.6 Å². The summed E-state index contributed by atoms with van der Waals surface area (Å²) in [6.07, 6.45) is 1.34. The van der Waals surface area contributed by atoms with Gasteiger partial charge in [-0.3, -0.25) is 0 Å². The lowest BCUT2D eigenvalue weighted by molar-refractivity contribution is 0.401. The zero-order valence-corrected chi connectivity index (χ0v) is 9.24. The molecule has 2 rings (SSSR count). The van der Waals surface area contributed by atoms with Crippen molar-refractivity contribution in [2.45, 2.75) is 6.54 Å². The maximum atomic E-state index is 13.6. The van der Waals surface area contributed by atoms with Crippen LogP contribution in [0.15, 0.2) is 6.20 Å². The molecule has 2 aromatic rings. The Hall–Kier alpha value is -1.56. The SMILES string of the molecule is CN(C)Cc1c[nH]c2c(F)c(F)c(F)c(F)c12. The number of hydrogen-bond donors (Lipinski definition) is 1. The third kappa shape index (κ3) is 1.78. The molecule has 2 nitrogen and oxygen atoms in total. The second-order valence-corrected chi connectivity index (χ2v) is 4.06. The lowest BCUT2D eigenvalue weighted by Gasteiger charge is -2.08. The van der Waals surface area contributed by atoms with E-state index in [-0.39, 0.29) is 10.9 Å². The predicted molar refractivity (Wildman–Crippen MR) is 55.5 cm³/mol. The van der Waals surface area contributed by atoms with E-state index in [1.54, 1.807) is 19.0 Å². The van der Waals surface area contributed by atoms with Gasteiger partial charge in [0.15, 0.2) is 23.3 Å². The molecule has 0 fully saturated rings. The lowest BCUT2D eigenvalue weighted by Crippen LogP contribution is -2.10. The summed E-state index contributed by atoms with van der Waals surface area (Å²) in [6.45, 7) is 0.293. The van der Waals surface area contributed by atoms with Crippen LogP contribution in [0.2, 0.25) is 0 Å². The first-order chi connectivity index (χ1) is 7.93. The van der Waals surface area contributed by atoms with Crippen molar-refractivity contribution in [1.82, 2.24) is 9.88 Å². The fraction of sp³-hybridized carbons (Fsp3) is 0.273. The molecule has 0 spiro atoms. The van der Waals surface area contributed by atoms with Crippen molar-refractivity contribution < 1.29 is 17.6 Å². The second kappa shape index (κ2) is 4.03. The van der Waals surface area contributed by atoms with E-state index in [0.717, 1.165) is 0 Å². The van der Waals surface area contributed by atoms with E-state index < -0.39 is 23.3 Å². The molecule has 0 aliphatic heterocycles. The third-order valence-electron chi connectivity index (χ3n) is 2.47. The Morgan fingerprint density at radius 3 is 2.18 bits per heavy atom. The molecule has 0 aliphatic carbocycles. The first kappa shape index (κ1) is 11.9. The first-order valence-corrected chi connectivity index (χ1v) is 4.90. The largest absolute Gasteiger partial charge is 0.358 e. The smallest absolute Gasteiger partial charge is 0.199 e. The van der Waals surface area contributed by atoms with Gasteiger partial charge in [0, 0.05) is 18.1 Å². The highest BCUT2D eigenvalue weighted by atomic mass is 19.2. The number of aromatic amines is 1. The molecule has 0 saturated heterocycles. The topological polar surface area (TPSA) is 19.0 Å². The lowest BCUT2D eigenvalue weighted by atomic mass is 10.1. The fourth-order valence-corrected chi connectivity index (χ4v) is 1.77. The van der Waals surface area contributed by atoms with Gasteiger partial charge < -0.3 is 9.88 Å². The number of fused-ring (bicyclic) bond motifs is 1. The maximum absolute atomic E-state index is 13.6. The van der Waals surface area contributed by atoms with Crippen LogP contribution in [0, 0.1) is 23.3 Å². The summed E-state index contributed by atoms with van der Waals surface area (Å²) < 4.78 is 53.0. The highest BCUT2D eigenvalue weighted by molar-refractivity contribution is 5.84. The molecule has 1 heterocycles. The Morgan fingerprint density at radius 1 is 1.00 bits per heavy atom. The van der Waals surface area contributed by atoms with Crippen LogP contribution in [0.25, 0.3) is 10.9 Å². The van der Waals surface area contributed by atoms with Crippen molar-refractivity contribution in [2.24, 2.45) is 0 Å². The zero-order chi connectivity index (χ0) is 12.7. The van der Waals surface area contributed by atoms with Crippen molar-refractivity contribution in [3.63, 3.8) is 0 Å². The molecule has 0 amide bonds. The number of rotatable bonds is 2. The normalized spacial score (nSPS) is 11.7. The maximum Gasteiger partial charge on any atom is 0.199 e. The van der Waals surface area contributed by atoms with Crippen LogP contribution in [0.5, 0.6) is 0 Å². The van der Waals surface area contributed by atoms with Crippen LogP contribution in [0.4, 0.5) is 17.6 Å². The van der Waals surface area contributed by atoms with Gasteiger partial charge in [-0.05, 0) is 19.7 Å². The number of benzene rings is 1. The molecular formula is C11H10F4N2. The molecule has 1 aromatic heterocycles. The first-order valence-electron chi connectivity index (χ1n) is 4.90. The molecule has 0 unspecified atom stereocenters. The minimum atomic E-state index is -1.80. The van der Waals surface area contributed by atoms with Crippen molar-refractivity contribution in [3.8, 4) is 0 Å². The van der Waals surface area contributed by atoms with E-state index in [0.29, 0.717) is 12.1 Å². The Bertz CT molecular complexity index is 575. The Morgan fingerprint density at radius 2 is 1.59 bits per heavy atom. The van der Waals surface area contributed by atoms with Gasteiger partial charge >= 0.3 is 0 Å². The summed E-state index contributed by atoms with van der Waals surface area (Å²) in [4.78, 5) is 4.13. The van der Waals surface area contributed by atoms with Crippen molar-refractivity contribution in [2.75, 3.05) is 14.1 Å². The fourth-order valence-electron chi connectivity index (χ4n) is 1.77. The molecule has 6 heteroatoms. The highest BCUT2D eigenvalue weighted by Gasteiger charge is 2.23. The number of nitrogens with one attached hydrogen (secondary N) is 1. The number of nitrogens with zero attached hydrogens (tertiary/aromatic N) is 1. The number of aromatic nitrogens is 1.